The monoisotopic (exact) mass is 206 g/mol. The smallest absolute Gasteiger partial charge is 0.870 e. The van der Waals surface area contributed by atoms with Crippen molar-refractivity contribution in [2.45, 2.75) is 0 Å². The quantitative estimate of drug-likeness (QED) is 0.507. The fourth-order valence-electron chi connectivity index (χ4n) is 0. The van der Waals surface area contributed by atoms with Gasteiger partial charge < -0.3 is 11.0 Å². The minimum absolute atomic E-state index is 0. The van der Waals surface area contributed by atoms with Crippen LogP contribution in [0, 0.1) is 0 Å². The Morgan fingerprint density at radius 1 is 0.750 bits per heavy atom. The van der Waals surface area contributed by atoms with E-state index in [9.17, 15) is 0 Å². The first-order chi connectivity index (χ1) is 0. The molecule has 0 aliphatic carbocycles. The number of hydrogen-bond donors (Lipinski definition) is 0. The molecule has 4 heavy (non-hydrogen) atoms. The van der Waals surface area contributed by atoms with Crippen LogP contribution in [0.25, 0.3) is 0 Å². The van der Waals surface area contributed by atoms with Crippen molar-refractivity contribution in [1.82, 2.24) is 0 Å². The molecule has 0 aromatic rings. The molecule has 0 unspecified atom stereocenters. The van der Waals surface area contributed by atoms with Crippen LogP contribution in [0.1, 0.15) is 0 Å². The molecule has 0 aromatic carbocycles. The standard InChI is InChI=1S/Cd.Ni.2H2O/h;;2*1H2/q;+2;;/p-2. The van der Waals surface area contributed by atoms with E-state index < -0.39 is 0 Å². The molecule has 0 aliphatic rings. The van der Waals surface area contributed by atoms with Crippen LogP contribution in [0.15, 0.2) is 0 Å². The van der Waals surface area contributed by atoms with E-state index in [1.165, 1.54) is 0 Å². The molecule has 2 nitrogen and oxygen atoms in total. The van der Waals surface area contributed by atoms with Crippen LogP contribution >= 0.6 is 0 Å². The van der Waals surface area contributed by atoms with Gasteiger partial charge in [-0.15, -0.1) is 0 Å². The Kier molecular flexibility index (Phi) is 380. The molecule has 4 heteroatoms. The summed E-state index contributed by atoms with van der Waals surface area (Å²) in [6, 6.07) is 0. The molecule has 0 fully saturated rings. The fraction of sp³-hybridized carbons (Fsp3) is 0. The molecular formula is H2CdNiO2. The Hall–Kier alpha value is 1.34. The van der Waals surface area contributed by atoms with Crippen LogP contribution in [-0.4, -0.2) is 11.0 Å². The van der Waals surface area contributed by atoms with Gasteiger partial charge in [-0.25, -0.2) is 0 Å². The van der Waals surface area contributed by atoms with Crippen molar-refractivity contribution in [1.29, 1.82) is 0 Å². The normalized spacial score (nSPS) is 0. The summed E-state index contributed by atoms with van der Waals surface area (Å²) in [5.74, 6) is 0. The Labute approximate surface area is 54.7 Å². The predicted molar refractivity (Wildman–Crippen MR) is 3.87 cm³/mol. The average molecular weight is 205 g/mol. The van der Waals surface area contributed by atoms with Crippen LogP contribution in [-0.2, 0) is 43.8 Å². The van der Waals surface area contributed by atoms with Crippen LogP contribution in [0.5, 0.6) is 0 Å². The molecule has 0 aliphatic heterocycles. The van der Waals surface area contributed by atoms with Gasteiger partial charge in [0.25, 0.3) is 0 Å². The van der Waals surface area contributed by atoms with Crippen LogP contribution in [0.4, 0.5) is 0 Å². The predicted octanol–water partition coefficient (Wildman–Crippen LogP) is -0.359. The fourth-order valence-corrected chi connectivity index (χ4v) is 0. The zero-order valence-corrected chi connectivity index (χ0v) is 6.94. The van der Waals surface area contributed by atoms with Crippen molar-refractivity contribution < 1.29 is 54.7 Å². The molecule has 0 radical (unpaired) electrons. The molecule has 26 valence electrons. The van der Waals surface area contributed by atoms with Crippen molar-refractivity contribution in [3.63, 3.8) is 0 Å². The second-order valence-electron chi connectivity index (χ2n) is 0. The van der Waals surface area contributed by atoms with Gasteiger partial charge in [0.1, 0.15) is 0 Å². The molecule has 0 saturated carbocycles. The van der Waals surface area contributed by atoms with E-state index in [1.54, 1.807) is 0 Å². The summed E-state index contributed by atoms with van der Waals surface area (Å²) in [6.07, 6.45) is 0. The first-order valence-electron chi connectivity index (χ1n) is 0. The zero-order valence-electron chi connectivity index (χ0n) is 1.92. The molecule has 0 rings (SSSR count). The number of hydrogen-bond acceptors (Lipinski definition) is 2. The number of rotatable bonds is 0. The molecular weight excluding hydrogens is 203 g/mol. The van der Waals surface area contributed by atoms with Gasteiger partial charge in [-0.3, -0.25) is 0 Å². The molecule has 0 atom stereocenters. The third-order valence-electron chi connectivity index (χ3n) is 0. The topological polar surface area (TPSA) is 60.0 Å². The van der Waals surface area contributed by atoms with Crippen molar-refractivity contribution in [3.8, 4) is 0 Å². The molecule has 0 spiro atoms. The maximum Gasteiger partial charge on any atom is 2.00 e. The second kappa shape index (κ2) is 27.0. The van der Waals surface area contributed by atoms with Crippen molar-refractivity contribution >= 4 is 0 Å². The van der Waals surface area contributed by atoms with E-state index in [1.807, 2.05) is 0 Å². The van der Waals surface area contributed by atoms with E-state index in [2.05, 4.69) is 0 Å². The Morgan fingerprint density at radius 3 is 0.750 bits per heavy atom. The summed E-state index contributed by atoms with van der Waals surface area (Å²) >= 11 is 0. The largest absolute Gasteiger partial charge is 2.00 e. The van der Waals surface area contributed by atoms with Gasteiger partial charge in [0, 0.05) is 27.3 Å². The second-order valence-corrected chi connectivity index (χ2v) is 0. The molecule has 0 saturated heterocycles. The summed E-state index contributed by atoms with van der Waals surface area (Å²) in [5, 5.41) is 0. The van der Waals surface area contributed by atoms with Gasteiger partial charge in [-0.1, -0.05) is 0 Å². The van der Waals surface area contributed by atoms with E-state index >= 15 is 0 Å². The molecule has 2 N–H and O–H groups in total. The van der Waals surface area contributed by atoms with Gasteiger partial charge in [0.05, 0.1) is 0 Å². The minimum Gasteiger partial charge on any atom is -0.870 e. The Balaban J connectivity index is 0. The van der Waals surface area contributed by atoms with Crippen molar-refractivity contribution in [3.05, 3.63) is 0 Å². The molecule has 0 bridgehead atoms. The minimum atomic E-state index is 0. The van der Waals surface area contributed by atoms with E-state index in [0.29, 0.717) is 0 Å². The summed E-state index contributed by atoms with van der Waals surface area (Å²) in [4.78, 5) is 0. The van der Waals surface area contributed by atoms with E-state index in [4.69, 9.17) is 0 Å². The van der Waals surface area contributed by atoms with Crippen molar-refractivity contribution in [2.75, 3.05) is 0 Å². The summed E-state index contributed by atoms with van der Waals surface area (Å²) in [7, 11) is 0. The van der Waals surface area contributed by atoms with Gasteiger partial charge in [-0.05, 0) is 0 Å². The summed E-state index contributed by atoms with van der Waals surface area (Å²) in [6.45, 7) is 0. The van der Waals surface area contributed by atoms with Crippen LogP contribution in [0.2, 0.25) is 0 Å². The molecule has 0 heterocycles. The van der Waals surface area contributed by atoms with Crippen LogP contribution in [0.3, 0.4) is 0 Å². The van der Waals surface area contributed by atoms with Gasteiger partial charge >= 0.3 is 16.5 Å². The van der Waals surface area contributed by atoms with Crippen molar-refractivity contribution in [2.24, 2.45) is 0 Å². The molecule has 0 amide bonds. The Bertz CT molecular complexity index is 6.00. The first-order valence-corrected chi connectivity index (χ1v) is 0. The SMILES string of the molecule is [Cd].[Ni+2].[OH-].[OH-]. The third-order valence-corrected chi connectivity index (χ3v) is 0. The van der Waals surface area contributed by atoms with E-state index in [0.717, 1.165) is 0 Å². The van der Waals surface area contributed by atoms with Gasteiger partial charge in [0.2, 0.25) is 0 Å². The summed E-state index contributed by atoms with van der Waals surface area (Å²) < 4.78 is 0. The van der Waals surface area contributed by atoms with E-state index in [-0.39, 0.29) is 54.7 Å². The van der Waals surface area contributed by atoms with Gasteiger partial charge in [-0.2, -0.15) is 0 Å². The summed E-state index contributed by atoms with van der Waals surface area (Å²) in [5.41, 5.74) is 0. The maximum atomic E-state index is 0. The zero-order chi connectivity index (χ0) is 0. The van der Waals surface area contributed by atoms with Gasteiger partial charge in [0.15, 0.2) is 0 Å². The molecule has 0 aromatic heterocycles. The maximum absolute atomic E-state index is 0. The third kappa shape index (κ3) is 10.2. The van der Waals surface area contributed by atoms with Crippen LogP contribution < -0.4 is 0 Å². The first kappa shape index (κ1) is 56.2. The Morgan fingerprint density at radius 2 is 0.750 bits per heavy atom. The average Bonchev–Trinajstić information content (AvgIpc) is 0.